The van der Waals surface area contributed by atoms with Gasteiger partial charge in [-0.05, 0) is 89.6 Å². The van der Waals surface area contributed by atoms with Crippen molar-refractivity contribution in [2.24, 2.45) is 5.41 Å². The molecule has 0 fully saturated rings. The Morgan fingerprint density at radius 2 is 1.56 bits per heavy atom. The van der Waals surface area contributed by atoms with Crippen molar-refractivity contribution in [3.05, 3.63) is 66.4 Å². The highest BCUT2D eigenvalue weighted by Crippen LogP contribution is 2.47. The lowest BCUT2D eigenvalue weighted by molar-refractivity contribution is -0.160. The summed E-state index contributed by atoms with van der Waals surface area (Å²) in [6.45, 7) is 9.25. The average Bonchev–Trinajstić information content (AvgIpc) is 3.24. The first-order valence-corrected chi connectivity index (χ1v) is 15.2. The molecule has 0 N–H and O–H groups in total. The number of aromatic nitrogens is 2. The molecule has 0 bridgehead atoms. The van der Waals surface area contributed by atoms with Gasteiger partial charge in [-0.2, -0.15) is 0 Å². The fourth-order valence-electron chi connectivity index (χ4n) is 4.13. The quantitative estimate of drug-likeness (QED) is 0.111. The van der Waals surface area contributed by atoms with Gasteiger partial charge in [0.05, 0.1) is 34.4 Å². The second-order valence-electron chi connectivity index (χ2n) is 11.8. The first kappa shape index (κ1) is 32.0. The Balaban J connectivity index is 1.56. The van der Waals surface area contributed by atoms with E-state index in [0.29, 0.717) is 6.54 Å². The van der Waals surface area contributed by atoms with Crippen molar-refractivity contribution in [1.82, 2.24) is 9.55 Å². The number of rotatable bonds is 10. The molecule has 4 rings (SSSR count). The Labute approximate surface area is 250 Å². The molecule has 0 spiro atoms. The second-order valence-corrected chi connectivity index (χ2v) is 13.8. The van der Waals surface area contributed by atoms with Crippen LogP contribution in [0, 0.1) is 5.41 Å². The fraction of sp³-hybridized carbons (Fsp3) is 0.387. The summed E-state index contributed by atoms with van der Waals surface area (Å²) in [5.74, 6) is 0.193. The Kier molecular flexibility index (Phi) is 9.49. The predicted molar refractivity (Wildman–Crippen MR) is 161 cm³/mol. The monoisotopic (exact) mass is 612 g/mol. The third kappa shape index (κ3) is 7.93. The van der Waals surface area contributed by atoms with Gasteiger partial charge in [0.15, 0.2) is 0 Å². The van der Waals surface area contributed by atoms with E-state index in [1.807, 2.05) is 30.3 Å². The molecular weight excluding hydrogens is 575 g/mol. The van der Waals surface area contributed by atoms with Crippen LogP contribution in [0.2, 0.25) is 0 Å². The molecule has 0 radical (unpaired) electrons. The third-order valence-corrected chi connectivity index (χ3v) is 8.06. The molecule has 2 heterocycles. The number of ether oxygens (including phenoxy) is 4. The van der Waals surface area contributed by atoms with Crippen LogP contribution in [0.1, 0.15) is 47.1 Å². The number of pyridine rings is 1. The number of hydrogen-bond donors (Lipinski definition) is 0. The Hall–Kier alpha value is -3.92. The minimum Gasteiger partial charge on any atom is -0.497 e. The predicted octanol–water partition coefficient (Wildman–Crippen LogP) is 6.55. The van der Waals surface area contributed by atoms with Crippen molar-refractivity contribution >= 4 is 47.0 Å². The van der Waals surface area contributed by atoms with Crippen molar-refractivity contribution < 1.29 is 42.1 Å². The Bertz CT molecular complexity index is 1650. The highest BCUT2D eigenvalue weighted by Gasteiger charge is 2.31. The van der Waals surface area contributed by atoms with Crippen LogP contribution in [0.5, 0.6) is 5.75 Å². The van der Waals surface area contributed by atoms with E-state index < -0.39 is 44.3 Å². The molecule has 12 heteroatoms. The van der Waals surface area contributed by atoms with Gasteiger partial charge in [-0.1, -0.05) is 12.1 Å². The summed E-state index contributed by atoms with van der Waals surface area (Å²) in [5.41, 5.74) is 2.12. The van der Waals surface area contributed by atoms with E-state index >= 15 is 0 Å². The molecule has 0 aliphatic rings. The van der Waals surface area contributed by atoms with Crippen LogP contribution >= 0.6 is 7.60 Å². The first-order valence-electron chi connectivity index (χ1n) is 13.6. The lowest BCUT2D eigenvalue weighted by atomic mass is 9.98. The maximum absolute atomic E-state index is 13.9. The topological polar surface area (TPSA) is 124 Å². The summed E-state index contributed by atoms with van der Waals surface area (Å²) in [6, 6.07) is 16.5. The minimum absolute atomic E-state index is 0.185. The molecule has 11 nitrogen and oxygen atoms in total. The number of fused-ring (bicyclic) bond motifs is 3. The minimum atomic E-state index is -4.11. The standard InChI is InChI=1S/C31H37N2O9P/c1-30(2,3)28(34)38-19-40-43(36,41-20-39-29(35)42-31(4,5)6)23-13-10-21(11-14-23)18-33-25-15-12-22(37-7)17-24(25)27-26(33)9-8-16-32-27/h8-17H,18-20H2,1-7H3. The Morgan fingerprint density at radius 1 is 0.884 bits per heavy atom. The van der Waals surface area contributed by atoms with Crippen molar-refractivity contribution in [2.45, 2.75) is 53.7 Å². The van der Waals surface area contributed by atoms with Crippen molar-refractivity contribution in [3.63, 3.8) is 0 Å². The normalized spacial score (nSPS) is 13.5. The maximum atomic E-state index is 13.9. The van der Waals surface area contributed by atoms with Crippen LogP contribution in [-0.4, -0.2) is 48.0 Å². The second kappa shape index (κ2) is 12.8. The van der Waals surface area contributed by atoms with Crippen LogP contribution in [0.15, 0.2) is 60.8 Å². The van der Waals surface area contributed by atoms with Gasteiger partial charge in [-0.3, -0.25) is 23.4 Å². The zero-order chi connectivity index (χ0) is 31.4. The lowest BCUT2D eigenvalue weighted by Crippen LogP contribution is -2.26. The summed E-state index contributed by atoms with van der Waals surface area (Å²) in [5, 5.41) is 1.15. The van der Waals surface area contributed by atoms with E-state index in [2.05, 4.69) is 9.55 Å². The van der Waals surface area contributed by atoms with E-state index in [9.17, 15) is 14.2 Å². The number of nitrogens with zero attached hydrogens (tertiary/aromatic N) is 2. The van der Waals surface area contributed by atoms with Gasteiger partial charge < -0.3 is 23.5 Å². The van der Waals surface area contributed by atoms with E-state index in [-0.39, 0.29) is 5.30 Å². The summed E-state index contributed by atoms with van der Waals surface area (Å²) < 4.78 is 47.5. The molecule has 0 aliphatic carbocycles. The van der Waals surface area contributed by atoms with Gasteiger partial charge >= 0.3 is 19.7 Å². The molecule has 0 aliphatic heterocycles. The van der Waals surface area contributed by atoms with Crippen LogP contribution in [0.4, 0.5) is 4.79 Å². The van der Waals surface area contributed by atoms with E-state index in [1.54, 1.807) is 79.1 Å². The Morgan fingerprint density at radius 3 is 2.19 bits per heavy atom. The molecule has 1 unspecified atom stereocenters. The molecule has 1 atom stereocenters. The van der Waals surface area contributed by atoms with Crippen molar-refractivity contribution in [2.75, 3.05) is 20.7 Å². The fourth-order valence-corrected chi connectivity index (χ4v) is 5.40. The zero-order valence-electron chi connectivity index (χ0n) is 25.4. The summed E-state index contributed by atoms with van der Waals surface area (Å²) in [7, 11) is -2.48. The molecule has 0 saturated carbocycles. The number of methoxy groups -OCH3 is 1. The molecular formula is C31H37N2O9P. The molecule has 2 aromatic carbocycles. The number of carbonyl (C=O) groups excluding carboxylic acids is 2. The molecule has 230 valence electrons. The molecule has 0 saturated heterocycles. The van der Waals surface area contributed by atoms with Gasteiger partial charge in [0.25, 0.3) is 0 Å². The van der Waals surface area contributed by atoms with E-state index in [0.717, 1.165) is 33.2 Å². The van der Waals surface area contributed by atoms with Crippen LogP contribution in [-0.2, 0) is 39.2 Å². The SMILES string of the molecule is COc1ccc2c(c1)c1ncccc1n2Cc1ccc(P(=O)(OCOC(=O)OC(C)(C)C)OCOC(=O)C(C)(C)C)cc1. The van der Waals surface area contributed by atoms with Gasteiger partial charge in [-0.25, -0.2) is 4.79 Å². The molecule has 4 aromatic rings. The molecule has 2 aromatic heterocycles. The zero-order valence-corrected chi connectivity index (χ0v) is 26.3. The number of carbonyl (C=O) groups is 2. The molecule has 43 heavy (non-hydrogen) atoms. The summed E-state index contributed by atoms with van der Waals surface area (Å²) >= 11 is 0. The third-order valence-electron chi connectivity index (χ3n) is 6.23. The smallest absolute Gasteiger partial charge is 0.497 e. The number of benzene rings is 2. The van der Waals surface area contributed by atoms with Gasteiger partial charge in [0.1, 0.15) is 11.4 Å². The first-order chi connectivity index (χ1) is 20.2. The van der Waals surface area contributed by atoms with Crippen LogP contribution < -0.4 is 10.0 Å². The van der Waals surface area contributed by atoms with Gasteiger partial charge in [0, 0.05) is 18.1 Å². The van der Waals surface area contributed by atoms with E-state index in [1.165, 1.54) is 0 Å². The average molecular weight is 613 g/mol. The maximum Gasteiger partial charge on any atom is 0.510 e. The van der Waals surface area contributed by atoms with Crippen LogP contribution in [0.3, 0.4) is 0 Å². The van der Waals surface area contributed by atoms with Gasteiger partial charge in [0.2, 0.25) is 13.6 Å². The van der Waals surface area contributed by atoms with E-state index in [4.69, 9.17) is 28.0 Å². The number of hydrogen-bond acceptors (Lipinski definition) is 10. The summed E-state index contributed by atoms with van der Waals surface area (Å²) in [6.07, 6.45) is 0.760. The highest BCUT2D eigenvalue weighted by molar-refractivity contribution is 7.62. The molecule has 0 amide bonds. The van der Waals surface area contributed by atoms with Crippen molar-refractivity contribution in [1.29, 1.82) is 0 Å². The lowest BCUT2D eigenvalue weighted by Gasteiger charge is -2.22. The highest BCUT2D eigenvalue weighted by atomic mass is 31.2. The largest absolute Gasteiger partial charge is 0.510 e. The van der Waals surface area contributed by atoms with Crippen molar-refractivity contribution in [3.8, 4) is 5.75 Å². The summed E-state index contributed by atoms with van der Waals surface area (Å²) in [4.78, 5) is 28.8. The van der Waals surface area contributed by atoms with Gasteiger partial charge in [-0.15, -0.1) is 0 Å². The number of esters is 1. The van der Waals surface area contributed by atoms with Crippen LogP contribution in [0.25, 0.3) is 21.9 Å².